The zero-order valence-electron chi connectivity index (χ0n) is 15.6. The van der Waals surface area contributed by atoms with E-state index in [1.54, 1.807) is 0 Å². The van der Waals surface area contributed by atoms with Crippen LogP contribution in [0, 0.1) is 10.8 Å². The van der Waals surface area contributed by atoms with Crippen LogP contribution >= 0.6 is 23.8 Å². The highest BCUT2D eigenvalue weighted by Gasteiger charge is 2.59. The lowest BCUT2D eigenvalue weighted by Gasteiger charge is -2.63. The Labute approximate surface area is 169 Å². The van der Waals surface area contributed by atoms with E-state index in [2.05, 4.69) is 46.7 Å². The molecule has 2 N–H and O–H groups in total. The lowest BCUT2D eigenvalue weighted by molar-refractivity contribution is -0.210. The fourth-order valence-electron chi connectivity index (χ4n) is 3.85. The van der Waals surface area contributed by atoms with E-state index in [1.165, 1.54) is 6.33 Å². The van der Waals surface area contributed by atoms with E-state index in [1.807, 2.05) is 12.1 Å². The maximum Gasteiger partial charge on any atom is 0.223 e. The Morgan fingerprint density at radius 1 is 1.30 bits per heavy atom. The van der Waals surface area contributed by atoms with E-state index >= 15 is 0 Å². The van der Waals surface area contributed by atoms with Gasteiger partial charge in [0.15, 0.2) is 5.82 Å². The monoisotopic (exact) mass is 403 g/mol. The zero-order valence-corrected chi connectivity index (χ0v) is 17.1. The largest absolute Gasteiger partial charge is 0.380 e. The summed E-state index contributed by atoms with van der Waals surface area (Å²) in [5.74, 6) is 0.694. The second-order valence-corrected chi connectivity index (χ2v) is 9.20. The summed E-state index contributed by atoms with van der Waals surface area (Å²) in [6, 6.07) is 6.05. The molecule has 1 unspecified atom stereocenters. The van der Waals surface area contributed by atoms with Gasteiger partial charge in [-0.3, -0.25) is 0 Å². The van der Waals surface area contributed by atoms with E-state index in [0.29, 0.717) is 10.8 Å². The van der Waals surface area contributed by atoms with Crippen LogP contribution in [-0.2, 0) is 4.74 Å². The first-order chi connectivity index (χ1) is 12.7. The lowest BCUT2D eigenvalue weighted by atomic mass is 9.66. The van der Waals surface area contributed by atoms with Crippen molar-refractivity contribution in [3.05, 3.63) is 35.1 Å². The van der Waals surface area contributed by atoms with Gasteiger partial charge in [0.1, 0.15) is 6.33 Å². The molecule has 0 bridgehead atoms. The molecule has 1 aromatic heterocycles. The molecule has 4 rings (SSSR count). The van der Waals surface area contributed by atoms with Crippen LogP contribution in [0.25, 0.3) is 11.4 Å². The number of thiocarbonyl (C=S) groups is 1. The molecule has 1 atom stereocenters. The van der Waals surface area contributed by atoms with Crippen molar-refractivity contribution in [3.8, 4) is 11.4 Å². The summed E-state index contributed by atoms with van der Waals surface area (Å²) in [5.41, 5.74) is 7.64. The molecule has 2 fully saturated rings. The second kappa shape index (κ2) is 6.36. The van der Waals surface area contributed by atoms with Gasteiger partial charge in [0.2, 0.25) is 5.95 Å². The third-order valence-corrected chi connectivity index (χ3v) is 6.21. The topological polar surface area (TPSA) is 77.2 Å². The number of nitrogens with zero attached hydrogens (tertiary/aromatic N) is 4. The first-order valence-electron chi connectivity index (χ1n) is 8.84. The van der Waals surface area contributed by atoms with Crippen molar-refractivity contribution in [2.24, 2.45) is 10.8 Å². The number of benzene rings is 1. The van der Waals surface area contributed by atoms with Gasteiger partial charge in [0.25, 0.3) is 0 Å². The summed E-state index contributed by atoms with van der Waals surface area (Å²) in [4.78, 5) is 15.6. The Bertz CT molecular complexity index is 909. The van der Waals surface area contributed by atoms with Crippen LogP contribution < -0.4 is 5.73 Å². The van der Waals surface area contributed by atoms with Crippen molar-refractivity contribution >= 4 is 34.8 Å². The van der Waals surface area contributed by atoms with Crippen LogP contribution in [0.15, 0.2) is 24.5 Å². The van der Waals surface area contributed by atoms with Crippen LogP contribution in [0.2, 0.25) is 5.02 Å². The lowest BCUT2D eigenvalue weighted by Crippen LogP contribution is -2.69. The molecule has 3 heterocycles. The number of nitrogens with two attached hydrogens (primary N) is 1. The van der Waals surface area contributed by atoms with E-state index < -0.39 is 0 Å². The molecular formula is C19H22ClN5OS. The van der Waals surface area contributed by atoms with E-state index in [0.717, 1.165) is 35.9 Å². The number of hydrogen-bond donors (Lipinski definition) is 1. The third-order valence-electron chi connectivity index (χ3n) is 5.14. The summed E-state index contributed by atoms with van der Waals surface area (Å²) in [6.45, 7) is 8.82. The van der Waals surface area contributed by atoms with Crippen molar-refractivity contribution in [3.63, 3.8) is 0 Å². The van der Waals surface area contributed by atoms with Crippen molar-refractivity contribution in [1.82, 2.24) is 19.9 Å². The van der Waals surface area contributed by atoms with Crippen LogP contribution in [0.4, 0.5) is 5.95 Å². The predicted octanol–water partition coefficient (Wildman–Crippen LogP) is 3.52. The van der Waals surface area contributed by atoms with Crippen molar-refractivity contribution in [2.45, 2.75) is 26.8 Å². The zero-order chi connectivity index (χ0) is 19.4. The number of hydrogen-bond acceptors (Lipinski definition) is 6. The van der Waals surface area contributed by atoms with Gasteiger partial charge < -0.3 is 15.4 Å². The number of rotatable bonds is 2. The average molecular weight is 404 g/mol. The van der Waals surface area contributed by atoms with Crippen LogP contribution in [0.3, 0.4) is 0 Å². The van der Waals surface area contributed by atoms with E-state index in [-0.39, 0.29) is 22.8 Å². The minimum absolute atomic E-state index is 0.0795. The molecule has 0 saturated carbocycles. The SMILES string of the molecule is CC(C)(C)C(=S)N1CC2(COC2)C1c1cc(Cl)cc(-c2ncnc(N)n2)c1. The van der Waals surface area contributed by atoms with Gasteiger partial charge in [-0.05, 0) is 23.8 Å². The van der Waals surface area contributed by atoms with Gasteiger partial charge in [-0.25, -0.2) is 9.97 Å². The molecule has 2 aliphatic heterocycles. The number of likely N-dealkylation sites (tertiary alicyclic amines) is 1. The predicted molar refractivity (Wildman–Crippen MR) is 109 cm³/mol. The van der Waals surface area contributed by atoms with Crippen LogP contribution in [0.5, 0.6) is 0 Å². The van der Waals surface area contributed by atoms with Gasteiger partial charge in [0, 0.05) is 22.5 Å². The van der Waals surface area contributed by atoms with E-state index in [4.69, 9.17) is 34.3 Å². The Morgan fingerprint density at radius 3 is 2.63 bits per heavy atom. The smallest absolute Gasteiger partial charge is 0.223 e. The Balaban J connectivity index is 1.75. The fraction of sp³-hybridized carbons (Fsp3) is 0.474. The summed E-state index contributed by atoms with van der Waals surface area (Å²) in [6.07, 6.45) is 1.41. The average Bonchev–Trinajstić information content (AvgIpc) is 2.51. The molecule has 27 heavy (non-hydrogen) atoms. The summed E-state index contributed by atoms with van der Waals surface area (Å²) in [5, 5.41) is 0.630. The molecule has 0 radical (unpaired) electrons. The summed E-state index contributed by atoms with van der Waals surface area (Å²) < 4.78 is 5.55. The van der Waals surface area contributed by atoms with Crippen molar-refractivity contribution in [2.75, 3.05) is 25.5 Å². The highest BCUT2D eigenvalue weighted by Crippen LogP contribution is 2.55. The van der Waals surface area contributed by atoms with Gasteiger partial charge in [0.05, 0.1) is 29.7 Å². The Kier molecular flexibility index (Phi) is 4.36. The fourth-order valence-corrected chi connectivity index (χ4v) is 4.26. The van der Waals surface area contributed by atoms with Crippen LogP contribution in [0.1, 0.15) is 32.4 Å². The number of aromatic nitrogens is 3. The minimum Gasteiger partial charge on any atom is -0.380 e. The first kappa shape index (κ1) is 18.5. The van der Waals surface area contributed by atoms with Gasteiger partial charge in [-0.15, -0.1) is 0 Å². The number of anilines is 1. The molecule has 142 valence electrons. The third kappa shape index (κ3) is 3.17. The molecule has 2 aromatic rings. The molecule has 8 heteroatoms. The molecule has 1 spiro atoms. The molecular weight excluding hydrogens is 382 g/mol. The summed E-state index contributed by atoms with van der Waals surface area (Å²) >= 11 is 12.2. The Hall–Kier alpha value is -1.83. The highest BCUT2D eigenvalue weighted by molar-refractivity contribution is 7.80. The van der Waals surface area contributed by atoms with Crippen LogP contribution in [-0.4, -0.2) is 44.6 Å². The minimum atomic E-state index is -0.0795. The Morgan fingerprint density at radius 2 is 2.04 bits per heavy atom. The first-order valence-corrected chi connectivity index (χ1v) is 9.62. The van der Waals surface area contributed by atoms with E-state index in [9.17, 15) is 0 Å². The maximum atomic E-state index is 6.45. The molecule has 0 aliphatic carbocycles. The standard InChI is InChI=1S/C19H22ClN5OS/c1-18(2,3)16(27)25-7-19(8-26-9-19)14(25)11-4-12(6-13(20)5-11)15-22-10-23-17(21)24-15/h4-6,10,14H,7-9H2,1-3H3,(H2,21,22,23,24). The second-order valence-electron chi connectivity index (χ2n) is 8.38. The normalized spacial score (nSPS) is 20.9. The molecule has 0 amide bonds. The van der Waals surface area contributed by atoms with Gasteiger partial charge in [-0.1, -0.05) is 44.6 Å². The maximum absolute atomic E-state index is 6.45. The van der Waals surface area contributed by atoms with Crippen molar-refractivity contribution < 1.29 is 4.74 Å². The van der Waals surface area contributed by atoms with Gasteiger partial charge in [-0.2, -0.15) is 4.98 Å². The molecule has 1 aromatic carbocycles. The number of ether oxygens (including phenoxy) is 1. The highest BCUT2D eigenvalue weighted by atomic mass is 35.5. The number of halogens is 1. The van der Waals surface area contributed by atoms with Gasteiger partial charge >= 0.3 is 0 Å². The molecule has 2 aliphatic rings. The molecule has 2 saturated heterocycles. The quantitative estimate of drug-likeness (QED) is 0.768. The summed E-state index contributed by atoms with van der Waals surface area (Å²) in [7, 11) is 0. The number of nitrogen functional groups attached to an aromatic ring is 1. The van der Waals surface area contributed by atoms with Crippen molar-refractivity contribution in [1.29, 1.82) is 0 Å². The molecule has 6 nitrogen and oxygen atoms in total.